The van der Waals surface area contributed by atoms with E-state index in [9.17, 15) is 6.85 Å². The highest BCUT2D eigenvalue weighted by Gasteiger charge is 2.41. The van der Waals surface area contributed by atoms with Crippen molar-refractivity contribution in [1.29, 1.82) is 0 Å². The van der Waals surface area contributed by atoms with Crippen molar-refractivity contribution in [3.8, 4) is 33.8 Å². The number of hydrogen-bond acceptors (Lipinski definition) is 2. The molecular weight excluding hydrogens is 473 g/mol. The Kier molecular flexibility index (Phi) is 2.17. The van der Waals surface area contributed by atoms with Gasteiger partial charge in [-0.15, -0.1) is 0 Å². The lowest BCUT2D eigenvalue weighted by atomic mass is 9.34. The standard InChI is InChI=1S/C36H24BNO/c1-3-10-25(11-4-1)27-18-21-29(22-19-27)38-32-23-20-28(26-12-5-2-6-13-26)24-31(32)37-30-14-7-8-16-34(30)39-35-17-9-15-33(38)36(35)37/h1-24H/i1D,2D,3D,4D,5D,6D,7D,8D,10D,11D,12D,13D,14D,16D,18D,19D,20D,21D,22D,23D,24D. The largest absolute Gasteiger partial charge is 0.458 e. The van der Waals surface area contributed by atoms with Crippen LogP contribution in [0.5, 0.6) is 11.5 Å². The van der Waals surface area contributed by atoms with E-state index in [1.54, 1.807) is 0 Å². The molecule has 0 aromatic heterocycles. The molecule has 8 rings (SSSR count). The minimum atomic E-state index is -1.46. The van der Waals surface area contributed by atoms with E-state index in [2.05, 4.69) is 0 Å². The van der Waals surface area contributed by atoms with Gasteiger partial charge in [0.05, 0.1) is 28.8 Å². The Balaban J connectivity index is 1.56. The van der Waals surface area contributed by atoms with Crippen molar-refractivity contribution >= 4 is 40.2 Å². The van der Waals surface area contributed by atoms with Crippen molar-refractivity contribution in [3.63, 3.8) is 0 Å². The SMILES string of the molecule is [2H]c1c([2H])c([2H])c(-c2c([2H])c([2H])c(N3c4cccc5c4B(c4c([2H])c([2H])c([2H])c([2H])c4O5)c4c([2H])c(-c5c([2H])c([2H])c([2H])c([2H])c5[2H])c([2H])c([2H])c43)c([2H])c2[2H])c([2H])c1[2H]. The first-order valence-corrected chi connectivity index (χ1v) is 11.7. The summed E-state index contributed by atoms with van der Waals surface area (Å²) in [5.74, 6) is -0.408. The Labute approximate surface area is 258 Å². The topological polar surface area (TPSA) is 12.5 Å². The van der Waals surface area contributed by atoms with E-state index >= 15 is 0 Å². The van der Waals surface area contributed by atoms with Gasteiger partial charge >= 0.3 is 0 Å². The molecule has 6 aromatic carbocycles. The fraction of sp³-hybridized carbons (Fsp3) is 0. The van der Waals surface area contributed by atoms with Crippen LogP contribution in [0.15, 0.2) is 145 Å². The van der Waals surface area contributed by atoms with Gasteiger partial charge in [-0.1, -0.05) is 109 Å². The quantitative estimate of drug-likeness (QED) is 0.226. The zero-order valence-electron chi connectivity index (χ0n) is 40.7. The predicted octanol–water partition coefficient (Wildman–Crippen LogP) is 7.43. The molecule has 182 valence electrons. The molecule has 0 atom stereocenters. The number of hydrogen-bond donors (Lipinski definition) is 0. The number of ether oxygens (including phenoxy) is 1. The summed E-state index contributed by atoms with van der Waals surface area (Å²) in [6, 6.07) is -12.1. The Morgan fingerprint density at radius 2 is 1.18 bits per heavy atom. The number of para-hydroxylation sites is 1. The number of benzene rings is 6. The zero-order chi connectivity index (χ0) is 44.0. The van der Waals surface area contributed by atoms with E-state index < -0.39 is 167 Å². The van der Waals surface area contributed by atoms with Crippen LogP contribution in [-0.2, 0) is 0 Å². The maximum absolute atomic E-state index is 9.75. The minimum absolute atomic E-state index is 0.0396. The average Bonchev–Trinajstić information content (AvgIpc) is 3.23. The summed E-state index contributed by atoms with van der Waals surface area (Å²) in [7, 11) is 0. The monoisotopic (exact) mass is 518 g/mol. The number of anilines is 3. The maximum Gasteiger partial charge on any atom is 0.256 e. The van der Waals surface area contributed by atoms with Gasteiger partial charge < -0.3 is 9.64 Å². The molecule has 6 aromatic rings. The van der Waals surface area contributed by atoms with Crippen LogP contribution in [0.1, 0.15) is 28.8 Å². The first-order valence-electron chi connectivity index (χ1n) is 22.2. The number of fused-ring (bicyclic) bond motifs is 4. The van der Waals surface area contributed by atoms with Crippen LogP contribution in [-0.4, -0.2) is 6.71 Å². The minimum Gasteiger partial charge on any atom is -0.458 e. The van der Waals surface area contributed by atoms with Crippen LogP contribution in [0.4, 0.5) is 17.1 Å². The first-order chi connectivity index (χ1) is 28.1. The van der Waals surface area contributed by atoms with E-state index in [0.717, 1.165) is 4.90 Å². The summed E-state index contributed by atoms with van der Waals surface area (Å²) in [5, 5.41) is 0. The summed E-state index contributed by atoms with van der Waals surface area (Å²) in [5.41, 5.74) is -4.09. The summed E-state index contributed by atoms with van der Waals surface area (Å²) >= 11 is 0. The van der Waals surface area contributed by atoms with Crippen molar-refractivity contribution in [2.75, 3.05) is 4.90 Å². The average molecular weight is 519 g/mol. The highest BCUT2D eigenvalue weighted by Crippen LogP contribution is 2.41. The molecular formula is C36H24BNO. The van der Waals surface area contributed by atoms with Crippen LogP contribution in [0.3, 0.4) is 0 Å². The fourth-order valence-electron chi connectivity index (χ4n) is 4.81. The summed E-state index contributed by atoms with van der Waals surface area (Å²) in [6.45, 7) is -1.46. The van der Waals surface area contributed by atoms with E-state index in [4.69, 9.17) is 26.7 Å². The van der Waals surface area contributed by atoms with Crippen molar-refractivity contribution < 1.29 is 33.5 Å². The molecule has 0 radical (unpaired) electrons. The van der Waals surface area contributed by atoms with Gasteiger partial charge in [0, 0.05) is 17.1 Å². The van der Waals surface area contributed by atoms with Crippen LogP contribution in [0, 0.1) is 0 Å². The molecule has 0 bridgehead atoms. The summed E-state index contributed by atoms with van der Waals surface area (Å²) < 4.78 is 190. The van der Waals surface area contributed by atoms with Gasteiger partial charge in [-0.05, 0) is 74.9 Å². The highest BCUT2D eigenvalue weighted by molar-refractivity contribution is 6.99. The molecule has 0 unspecified atom stereocenters. The Morgan fingerprint density at radius 1 is 0.538 bits per heavy atom. The molecule has 2 aliphatic heterocycles. The molecule has 0 aliphatic carbocycles. The lowest BCUT2D eigenvalue weighted by molar-refractivity contribution is 0.487. The van der Waals surface area contributed by atoms with E-state index in [0.29, 0.717) is 0 Å². The summed E-state index contributed by atoms with van der Waals surface area (Å²) in [4.78, 5) is 1.04. The fourth-order valence-corrected chi connectivity index (χ4v) is 4.81. The number of nitrogens with zero attached hydrogens (tertiary/aromatic N) is 1. The lowest BCUT2D eigenvalue weighted by Crippen LogP contribution is -2.59. The van der Waals surface area contributed by atoms with Gasteiger partial charge in [0.15, 0.2) is 0 Å². The molecule has 0 saturated carbocycles. The van der Waals surface area contributed by atoms with Crippen molar-refractivity contribution in [1.82, 2.24) is 0 Å². The molecule has 0 saturated heterocycles. The Bertz CT molecular complexity index is 2920. The van der Waals surface area contributed by atoms with Crippen LogP contribution in [0.2, 0.25) is 0 Å². The molecule has 0 amide bonds. The second-order valence-corrected chi connectivity index (χ2v) is 8.54. The van der Waals surface area contributed by atoms with E-state index in [1.165, 1.54) is 18.2 Å². The van der Waals surface area contributed by atoms with Crippen LogP contribution < -0.4 is 26.0 Å². The normalized spacial score (nSPS) is 20.3. The Morgan fingerprint density at radius 3 is 1.95 bits per heavy atom. The highest BCUT2D eigenvalue weighted by atomic mass is 16.5. The van der Waals surface area contributed by atoms with Gasteiger partial charge in [0.2, 0.25) is 0 Å². The van der Waals surface area contributed by atoms with Gasteiger partial charge in [-0.3, -0.25) is 0 Å². The maximum atomic E-state index is 9.75. The molecule has 0 fully saturated rings. The molecule has 2 heterocycles. The molecule has 0 spiro atoms. The summed E-state index contributed by atoms with van der Waals surface area (Å²) in [6.07, 6.45) is 0. The van der Waals surface area contributed by atoms with Gasteiger partial charge in [-0.25, -0.2) is 0 Å². The Hall–Kier alpha value is -5.02. The van der Waals surface area contributed by atoms with Crippen LogP contribution >= 0.6 is 0 Å². The predicted molar refractivity (Wildman–Crippen MR) is 163 cm³/mol. The van der Waals surface area contributed by atoms with Crippen molar-refractivity contribution in [3.05, 3.63) is 145 Å². The third-order valence-corrected chi connectivity index (χ3v) is 6.42. The second kappa shape index (κ2) is 8.78. The molecule has 2 nitrogen and oxygen atoms in total. The molecule has 39 heavy (non-hydrogen) atoms. The zero-order valence-corrected chi connectivity index (χ0v) is 19.7. The van der Waals surface area contributed by atoms with Crippen molar-refractivity contribution in [2.45, 2.75) is 0 Å². The lowest BCUT2D eigenvalue weighted by Gasteiger charge is -2.40. The van der Waals surface area contributed by atoms with Gasteiger partial charge in [0.25, 0.3) is 6.71 Å². The van der Waals surface area contributed by atoms with Crippen LogP contribution in [0.25, 0.3) is 22.3 Å². The third-order valence-electron chi connectivity index (χ3n) is 6.42. The van der Waals surface area contributed by atoms with Crippen molar-refractivity contribution in [2.24, 2.45) is 0 Å². The third kappa shape index (κ3) is 3.51. The van der Waals surface area contributed by atoms with Gasteiger partial charge in [-0.2, -0.15) is 0 Å². The number of rotatable bonds is 3. The van der Waals surface area contributed by atoms with E-state index in [-0.39, 0.29) is 33.6 Å². The van der Waals surface area contributed by atoms with Gasteiger partial charge in [0.1, 0.15) is 11.5 Å². The first kappa shape index (κ1) is 9.62. The van der Waals surface area contributed by atoms with E-state index in [1.807, 2.05) is 0 Å². The smallest absolute Gasteiger partial charge is 0.256 e. The molecule has 0 N–H and O–H groups in total. The molecule has 3 heteroatoms. The molecule has 2 aliphatic rings. The second-order valence-electron chi connectivity index (χ2n) is 8.54.